The quantitative estimate of drug-likeness (QED) is 0.869. The summed E-state index contributed by atoms with van der Waals surface area (Å²) in [5.74, 6) is 2.10. The molecule has 0 radical (unpaired) electrons. The third-order valence-electron chi connectivity index (χ3n) is 2.59. The first kappa shape index (κ1) is 12.7. The number of hydrogen-bond donors (Lipinski definition) is 1. The number of nitrogens with zero attached hydrogens (tertiary/aromatic N) is 4. The Morgan fingerprint density at radius 2 is 2.11 bits per heavy atom. The van der Waals surface area contributed by atoms with Crippen LogP contribution >= 0.6 is 0 Å². The summed E-state index contributed by atoms with van der Waals surface area (Å²) in [6.07, 6.45) is 5.42. The van der Waals surface area contributed by atoms with Gasteiger partial charge < -0.3 is 9.88 Å². The van der Waals surface area contributed by atoms with E-state index in [1.165, 1.54) is 0 Å². The van der Waals surface area contributed by atoms with E-state index in [0.717, 1.165) is 24.6 Å². The second-order valence-electron chi connectivity index (χ2n) is 4.76. The van der Waals surface area contributed by atoms with Crippen LogP contribution in [0.2, 0.25) is 0 Å². The first-order chi connectivity index (χ1) is 8.66. The average Bonchev–Trinajstić information content (AvgIpc) is 2.75. The van der Waals surface area contributed by atoms with Gasteiger partial charge in [0.25, 0.3) is 0 Å². The van der Waals surface area contributed by atoms with Crippen molar-refractivity contribution < 1.29 is 0 Å². The molecule has 0 bridgehead atoms. The lowest BCUT2D eigenvalue weighted by Gasteiger charge is -2.07. The SMILES string of the molecule is CC(C)CNCc1ccnc(-c2nccn2C)n1. The lowest BCUT2D eigenvalue weighted by atomic mass is 10.2. The van der Waals surface area contributed by atoms with E-state index in [0.29, 0.717) is 11.7 Å². The lowest BCUT2D eigenvalue weighted by molar-refractivity contribution is 0.548. The molecule has 0 aliphatic carbocycles. The van der Waals surface area contributed by atoms with Crippen molar-refractivity contribution in [3.05, 3.63) is 30.4 Å². The smallest absolute Gasteiger partial charge is 0.196 e. The van der Waals surface area contributed by atoms with Crippen LogP contribution in [0.3, 0.4) is 0 Å². The van der Waals surface area contributed by atoms with Crippen LogP contribution in [0.1, 0.15) is 19.5 Å². The van der Waals surface area contributed by atoms with Gasteiger partial charge in [0.2, 0.25) is 0 Å². The monoisotopic (exact) mass is 245 g/mol. The molecule has 0 aliphatic rings. The fraction of sp³-hybridized carbons (Fsp3) is 0.462. The van der Waals surface area contributed by atoms with Gasteiger partial charge in [0.1, 0.15) is 0 Å². The highest BCUT2D eigenvalue weighted by atomic mass is 15.1. The van der Waals surface area contributed by atoms with Crippen LogP contribution in [0.5, 0.6) is 0 Å². The molecule has 2 aromatic heterocycles. The molecule has 1 N–H and O–H groups in total. The van der Waals surface area contributed by atoms with Crippen LogP contribution in [-0.2, 0) is 13.6 Å². The Balaban J connectivity index is 2.08. The van der Waals surface area contributed by atoms with Gasteiger partial charge in [0.05, 0.1) is 5.69 Å². The van der Waals surface area contributed by atoms with Crippen molar-refractivity contribution in [2.24, 2.45) is 13.0 Å². The number of aryl methyl sites for hydroxylation is 1. The molecule has 0 saturated carbocycles. The number of rotatable bonds is 5. The van der Waals surface area contributed by atoms with Crippen molar-refractivity contribution in [1.29, 1.82) is 0 Å². The Morgan fingerprint density at radius 3 is 2.78 bits per heavy atom. The van der Waals surface area contributed by atoms with Gasteiger partial charge in [0, 0.05) is 32.2 Å². The standard InChI is InChI=1S/C13H19N5/c1-10(2)8-14-9-11-4-5-15-12(17-11)13-16-6-7-18(13)3/h4-7,10,14H,8-9H2,1-3H3. The van der Waals surface area contributed by atoms with E-state index < -0.39 is 0 Å². The maximum atomic E-state index is 4.52. The van der Waals surface area contributed by atoms with Gasteiger partial charge >= 0.3 is 0 Å². The zero-order valence-corrected chi connectivity index (χ0v) is 11.1. The molecule has 0 saturated heterocycles. The van der Waals surface area contributed by atoms with Crippen molar-refractivity contribution in [2.45, 2.75) is 20.4 Å². The van der Waals surface area contributed by atoms with Gasteiger partial charge in [-0.3, -0.25) is 0 Å². The van der Waals surface area contributed by atoms with Gasteiger partial charge in [-0.2, -0.15) is 0 Å². The van der Waals surface area contributed by atoms with E-state index in [-0.39, 0.29) is 0 Å². The van der Waals surface area contributed by atoms with Crippen molar-refractivity contribution >= 4 is 0 Å². The zero-order valence-electron chi connectivity index (χ0n) is 11.1. The van der Waals surface area contributed by atoms with E-state index in [1.807, 2.05) is 23.9 Å². The second kappa shape index (κ2) is 5.73. The Hall–Kier alpha value is -1.75. The van der Waals surface area contributed by atoms with Crippen LogP contribution in [0.25, 0.3) is 11.6 Å². The Bertz CT molecular complexity index is 504. The molecule has 0 atom stereocenters. The lowest BCUT2D eigenvalue weighted by Crippen LogP contribution is -2.19. The summed E-state index contributed by atoms with van der Waals surface area (Å²) in [6, 6.07) is 1.93. The largest absolute Gasteiger partial charge is 0.331 e. The Kier molecular flexibility index (Phi) is 4.04. The van der Waals surface area contributed by atoms with E-state index in [9.17, 15) is 0 Å². The molecule has 5 heteroatoms. The molecule has 2 aromatic rings. The maximum absolute atomic E-state index is 4.52. The van der Waals surface area contributed by atoms with Gasteiger partial charge in [-0.15, -0.1) is 0 Å². The van der Waals surface area contributed by atoms with Gasteiger partial charge in [-0.25, -0.2) is 15.0 Å². The molecular formula is C13H19N5. The van der Waals surface area contributed by atoms with Crippen LogP contribution in [0, 0.1) is 5.92 Å². The molecule has 96 valence electrons. The molecular weight excluding hydrogens is 226 g/mol. The number of aromatic nitrogens is 4. The highest BCUT2D eigenvalue weighted by Crippen LogP contribution is 2.10. The highest BCUT2D eigenvalue weighted by Gasteiger charge is 2.07. The van der Waals surface area contributed by atoms with Crippen LogP contribution < -0.4 is 5.32 Å². The molecule has 0 fully saturated rings. The summed E-state index contributed by atoms with van der Waals surface area (Å²) in [7, 11) is 1.94. The first-order valence-electron chi connectivity index (χ1n) is 6.17. The van der Waals surface area contributed by atoms with Crippen LogP contribution in [0.15, 0.2) is 24.7 Å². The summed E-state index contributed by atoms with van der Waals surface area (Å²) in [4.78, 5) is 13.0. The molecule has 0 aliphatic heterocycles. The fourth-order valence-electron chi connectivity index (χ4n) is 1.67. The number of imidazole rings is 1. The van der Waals surface area contributed by atoms with Crippen molar-refractivity contribution in [3.8, 4) is 11.6 Å². The molecule has 2 rings (SSSR count). The maximum Gasteiger partial charge on any atom is 0.196 e. The summed E-state index contributed by atoms with van der Waals surface area (Å²) >= 11 is 0. The molecule has 0 aromatic carbocycles. The third-order valence-corrected chi connectivity index (χ3v) is 2.59. The van der Waals surface area contributed by atoms with Gasteiger partial charge in [0.15, 0.2) is 11.6 Å². The topological polar surface area (TPSA) is 55.6 Å². The first-order valence-corrected chi connectivity index (χ1v) is 6.17. The van der Waals surface area contributed by atoms with Crippen LogP contribution in [0.4, 0.5) is 0 Å². The molecule has 0 amide bonds. The van der Waals surface area contributed by atoms with Gasteiger partial charge in [-0.05, 0) is 18.5 Å². The predicted molar refractivity (Wildman–Crippen MR) is 70.8 cm³/mol. The summed E-state index contributed by atoms with van der Waals surface area (Å²) in [5.41, 5.74) is 0.989. The number of nitrogens with one attached hydrogen (secondary N) is 1. The van der Waals surface area contributed by atoms with Crippen molar-refractivity contribution in [1.82, 2.24) is 24.8 Å². The summed E-state index contributed by atoms with van der Waals surface area (Å²) < 4.78 is 1.92. The van der Waals surface area contributed by atoms with E-state index >= 15 is 0 Å². The normalized spacial score (nSPS) is 11.1. The molecule has 0 spiro atoms. The molecule has 2 heterocycles. The van der Waals surface area contributed by atoms with Gasteiger partial charge in [-0.1, -0.05) is 13.8 Å². The fourth-order valence-corrected chi connectivity index (χ4v) is 1.67. The molecule has 18 heavy (non-hydrogen) atoms. The van der Waals surface area contributed by atoms with E-state index in [2.05, 4.69) is 34.1 Å². The van der Waals surface area contributed by atoms with E-state index in [1.54, 1.807) is 12.4 Å². The summed E-state index contributed by atoms with van der Waals surface area (Å²) in [6.45, 7) is 6.12. The van der Waals surface area contributed by atoms with Crippen molar-refractivity contribution in [2.75, 3.05) is 6.54 Å². The molecule has 5 nitrogen and oxygen atoms in total. The Morgan fingerprint density at radius 1 is 1.28 bits per heavy atom. The van der Waals surface area contributed by atoms with Crippen molar-refractivity contribution in [3.63, 3.8) is 0 Å². The number of hydrogen-bond acceptors (Lipinski definition) is 4. The zero-order chi connectivity index (χ0) is 13.0. The summed E-state index contributed by atoms with van der Waals surface area (Å²) in [5, 5.41) is 3.37. The van der Waals surface area contributed by atoms with E-state index in [4.69, 9.17) is 0 Å². The minimum atomic E-state index is 0.640. The molecule has 0 unspecified atom stereocenters. The second-order valence-corrected chi connectivity index (χ2v) is 4.76. The Labute approximate surface area is 107 Å². The third kappa shape index (κ3) is 3.13. The minimum Gasteiger partial charge on any atom is -0.331 e. The van der Waals surface area contributed by atoms with Crippen LogP contribution in [-0.4, -0.2) is 26.1 Å². The predicted octanol–water partition coefficient (Wildman–Crippen LogP) is 1.62. The highest BCUT2D eigenvalue weighted by molar-refractivity contribution is 5.43. The average molecular weight is 245 g/mol. The minimum absolute atomic E-state index is 0.640.